The molecule has 398 valence electrons. The van der Waals surface area contributed by atoms with Gasteiger partial charge in [0.15, 0.2) is 0 Å². The number of esters is 1. The maximum absolute atomic E-state index is 13.3. The number of unbranched alkanes of at least 4 members (excludes halogenated alkanes) is 35. The number of hydrogen-bond acceptors (Lipinski definition) is 5. The minimum Gasteiger partial charge on any atom is -0.462 e. The van der Waals surface area contributed by atoms with E-state index in [1.165, 1.54) is 186 Å². The van der Waals surface area contributed by atoms with Gasteiger partial charge in [0.05, 0.1) is 25.2 Å². The molecule has 0 aliphatic rings. The van der Waals surface area contributed by atoms with E-state index in [2.05, 4.69) is 74.7 Å². The smallest absolute Gasteiger partial charge is 0.306 e. The Labute approximate surface area is 423 Å². The van der Waals surface area contributed by atoms with Gasteiger partial charge in [-0.05, 0) is 83.5 Å². The van der Waals surface area contributed by atoms with Crippen molar-refractivity contribution in [2.75, 3.05) is 6.61 Å². The Morgan fingerprint density at radius 3 is 1.25 bits per heavy atom. The zero-order chi connectivity index (χ0) is 49.5. The van der Waals surface area contributed by atoms with Crippen molar-refractivity contribution in [3.63, 3.8) is 0 Å². The summed E-state index contributed by atoms with van der Waals surface area (Å²) in [5.74, 6) is -0.493. The molecule has 6 heteroatoms. The molecule has 0 bridgehead atoms. The Bertz CT molecular complexity index is 1160. The van der Waals surface area contributed by atoms with Gasteiger partial charge in [-0.2, -0.15) is 0 Å². The van der Waals surface area contributed by atoms with Crippen molar-refractivity contribution in [2.45, 2.75) is 328 Å². The predicted molar refractivity (Wildman–Crippen MR) is 296 cm³/mol. The van der Waals surface area contributed by atoms with Gasteiger partial charge in [-0.3, -0.25) is 9.59 Å². The third-order valence-electron chi connectivity index (χ3n) is 13.7. The third kappa shape index (κ3) is 50.2. The molecule has 0 radical (unpaired) electrons. The second-order valence-electron chi connectivity index (χ2n) is 20.4. The van der Waals surface area contributed by atoms with Crippen LogP contribution in [0.3, 0.4) is 0 Å². The minimum absolute atomic E-state index is 0.0596. The summed E-state index contributed by atoms with van der Waals surface area (Å²) >= 11 is 0. The van der Waals surface area contributed by atoms with Crippen LogP contribution in [0.5, 0.6) is 0 Å². The molecule has 0 aliphatic carbocycles. The molecule has 0 spiro atoms. The fourth-order valence-corrected chi connectivity index (χ4v) is 9.10. The summed E-state index contributed by atoms with van der Waals surface area (Å²) in [6, 6.07) is -0.711. The summed E-state index contributed by atoms with van der Waals surface area (Å²) in [4.78, 5) is 26.3. The van der Waals surface area contributed by atoms with Crippen LogP contribution in [0.25, 0.3) is 0 Å². The van der Waals surface area contributed by atoms with Crippen molar-refractivity contribution in [2.24, 2.45) is 0 Å². The highest BCUT2D eigenvalue weighted by Gasteiger charge is 2.24. The van der Waals surface area contributed by atoms with E-state index in [9.17, 15) is 19.8 Å². The van der Waals surface area contributed by atoms with Crippen LogP contribution < -0.4 is 5.32 Å². The van der Waals surface area contributed by atoms with Crippen molar-refractivity contribution >= 4 is 11.9 Å². The second kappa shape index (κ2) is 55.7. The monoisotopic (exact) mass is 954 g/mol. The molecule has 6 nitrogen and oxygen atoms in total. The highest BCUT2D eigenvalue weighted by molar-refractivity contribution is 5.77. The lowest BCUT2D eigenvalue weighted by Crippen LogP contribution is -2.46. The molecule has 0 saturated carbocycles. The number of amides is 1. The highest BCUT2D eigenvalue weighted by atomic mass is 16.5. The quantitative estimate of drug-likeness (QED) is 0.0244. The van der Waals surface area contributed by atoms with Gasteiger partial charge in [-0.25, -0.2) is 0 Å². The van der Waals surface area contributed by atoms with Crippen LogP contribution in [-0.2, 0) is 14.3 Å². The molecule has 0 heterocycles. The van der Waals surface area contributed by atoms with E-state index in [1.54, 1.807) is 0 Å². The lowest BCUT2D eigenvalue weighted by molar-refractivity contribution is -0.151. The lowest BCUT2D eigenvalue weighted by Gasteiger charge is -2.24. The second-order valence-corrected chi connectivity index (χ2v) is 20.4. The van der Waals surface area contributed by atoms with Crippen molar-refractivity contribution in [1.29, 1.82) is 0 Å². The molecule has 0 rings (SSSR count). The summed E-state index contributed by atoms with van der Waals surface area (Å²) in [6.07, 6.45) is 68.9. The molecule has 0 aromatic rings. The van der Waals surface area contributed by atoms with Crippen LogP contribution >= 0.6 is 0 Å². The van der Waals surface area contributed by atoms with Crippen LogP contribution in [0.4, 0.5) is 0 Å². The average molecular weight is 955 g/mol. The first-order valence-electron chi connectivity index (χ1n) is 29.9. The van der Waals surface area contributed by atoms with Crippen LogP contribution in [0.2, 0.25) is 0 Å². The fourth-order valence-electron chi connectivity index (χ4n) is 9.10. The Morgan fingerprint density at radius 1 is 0.441 bits per heavy atom. The molecule has 0 aromatic heterocycles. The van der Waals surface area contributed by atoms with E-state index >= 15 is 0 Å². The van der Waals surface area contributed by atoms with Gasteiger partial charge in [0, 0.05) is 6.42 Å². The summed E-state index contributed by atoms with van der Waals surface area (Å²) in [7, 11) is 0. The molecule has 3 atom stereocenters. The van der Waals surface area contributed by atoms with Gasteiger partial charge in [-0.1, -0.05) is 262 Å². The predicted octanol–water partition coefficient (Wildman–Crippen LogP) is 18.6. The Balaban J connectivity index is 4.58. The summed E-state index contributed by atoms with van der Waals surface area (Å²) in [5.41, 5.74) is 0. The van der Waals surface area contributed by atoms with E-state index in [0.29, 0.717) is 19.3 Å². The zero-order valence-electron chi connectivity index (χ0n) is 45.5. The molecule has 3 N–H and O–H groups in total. The first kappa shape index (κ1) is 65.8. The number of nitrogens with one attached hydrogen (secondary N) is 1. The highest BCUT2D eigenvalue weighted by Crippen LogP contribution is 2.18. The van der Waals surface area contributed by atoms with Gasteiger partial charge >= 0.3 is 5.97 Å². The van der Waals surface area contributed by atoms with Crippen LogP contribution in [0.15, 0.2) is 48.6 Å². The van der Waals surface area contributed by atoms with Crippen molar-refractivity contribution in [3.05, 3.63) is 48.6 Å². The van der Waals surface area contributed by atoms with E-state index in [-0.39, 0.29) is 24.9 Å². The number of ether oxygens (including phenoxy) is 1. The maximum Gasteiger partial charge on any atom is 0.306 e. The van der Waals surface area contributed by atoms with E-state index in [1.807, 2.05) is 0 Å². The number of rotatable bonds is 54. The number of aliphatic hydroxyl groups excluding tert-OH is 2. The largest absolute Gasteiger partial charge is 0.462 e. The molecule has 0 aliphatic heterocycles. The molecule has 0 saturated heterocycles. The summed E-state index contributed by atoms with van der Waals surface area (Å²) < 4.78 is 5.96. The minimum atomic E-state index is -0.796. The van der Waals surface area contributed by atoms with Gasteiger partial charge in [0.2, 0.25) is 5.91 Å². The SMILES string of the molecule is CCCCC/C=C\C/C=C\CCCCCCCCCCCC(=O)OC(CCCCC/C=C/C=C/CCCCCCCCC)CC(=O)NC(CO)C(O)CCCCCCCCCCCCCCCC. The molecule has 68 heavy (non-hydrogen) atoms. The number of carbonyl (C=O) groups excluding carboxylic acids is 2. The van der Waals surface area contributed by atoms with E-state index < -0.39 is 18.2 Å². The van der Waals surface area contributed by atoms with Crippen molar-refractivity contribution < 1.29 is 24.5 Å². The van der Waals surface area contributed by atoms with Crippen LogP contribution in [0.1, 0.15) is 310 Å². The Kier molecular flexibility index (Phi) is 54.0. The fraction of sp³-hybridized carbons (Fsp3) is 0.839. The van der Waals surface area contributed by atoms with Crippen LogP contribution in [0, 0.1) is 0 Å². The maximum atomic E-state index is 13.3. The lowest BCUT2D eigenvalue weighted by atomic mass is 10.0. The van der Waals surface area contributed by atoms with Gasteiger partial charge in [-0.15, -0.1) is 0 Å². The zero-order valence-corrected chi connectivity index (χ0v) is 45.5. The van der Waals surface area contributed by atoms with Crippen molar-refractivity contribution in [3.8, 4) is 0 Å². The van der Waals surface area contributed by atoms with Gasteiger partial charge < -0.3 is 20.3 Å². The molecule has 0 aromatic carbocycles. The van der Waals surface area contributed by atoms with E-state index in [0.717, 1.165) is 77.0 Å². The Morgan fingerprint density at radius 2 is 0.794 bits per heavy atom. The van der Waals surface area contributed by atoms with Gasteiger partial charge in [0.25, 0.3) is 0 Å². The normalized spacial score (nSPS) is 13.4. The van der Waals surface area contributed by atoms with Gasteiger partial charge in [0.1, 0.15) is 6.10 Å². The van der Waals surface area contributed by atoms with E-state index in [4.69, 9.17) is 4.74 Å². The number of carbonyl (C=O) groups is 2. The standard InChI is InChI=1S/C62H115NO5/c1-4-7-10-13-16-19-22-25-28-30-31-32-34-37-40-43-46-49-52-55-62(67)68-58(53-50-47-44-41-38-35-33-29-26-23-20-17-14-11-8-5-2)56-61(66)63-59(57-64)60(65)54-51-48-45-42-39-36-27-24-21-18-15-12-9-6-3/h16,19,25,28-29,33,35,38,58-60,64-65H,4-15,17-18,20-24,26-27,30-32,34,36-37,39-57H2,1-3H3,(H,63,66)/b19-16-,28-25-,33-29+,38-35+. The number of allylic oxidation sites excluding steroid dienone is 8. The van der Waals surface area contributed by atoms with Crippen molar-refractivity contribution in [1.82, 2.24) is 5.32 Å². The summed E-state index contributed by atoms with van der Waals surface area (Å²) in [5, 5.41) is 23.9. The Hall–Kier alpha value is -2.18. The average Bonchev–Trinajstić information content (AvgIpc) is 3.33. The third-order valence-corrected chi connectivity index (χ3v) is 13.7. The molecular weight excluding hydrogens is 839 g/mol. The molecule has 3 unspecified atom stereocenters. The molecule has 1 amide bonds. The first-order valence-corrected chi connectivity index (χ1v) is 29.9. The summed E-state index contributed by atoms with van der Waals surface area (Å²) in [6.45, 7) is 6.48. The molecular formula is C62H115NO5. The van der Waals surface area contributed by atoms with Crippen LogP contribution in [-0.4, -0.2) is 46.9 Å². The first-order chi connectivity index (χ1) is 33.5. The number of aliphatic hydroxyl groups is 2. The molecule has 0 fully saturated rings. The topological polar surface area (TPSA) is 95.9 Å². The number of hydrogen-bond donors (Lipinski definition) is 3.